The number of benzene rings is 1. The Hall–Kier alpha value is -2.76. The zero-order valence-electron chi connectivity index (χ0n) is 12.0. The molecule has 0 fully saturated rings. The number of aryl methyl sites for hydroxylation is 2. The quantitative estimate of drug-likeness (QED) is 0.668. The van der Waals surface area contributed by atoms with E-state index in [1.165, 1.54) is 13.3 Å². The number of phenols is 1. The number of hydrazone groups is 1. The van der Waals surface area contributed by atoms with Crippen molar-refractivity contribution in [1.29, 1.82) is 0 Å². The summed E-state index contributed by atoms with van der Waals surface area (Å²) in [4.78, 5) is 11.9. The smallest absolute Gasteiger partial charge is 0.274 e. The molecule has 1 heterocycles. The maximum Gasteiger partial charge on any atom is 0.274 e. The first-order valence-corrected chi connectivity index (χ1v) is 6.29. The van der Waals surface area contributed by atoms with Gasteiger partial charge >= 0.3 is 0 Å². The molecule has 110 valence electrons. The van der Waals surface area contributed by atoms with Crippen molar-refractivity contribution in [1.82, 2.24) is 5.43 Å². The predicted molar refractivity (Wildman–Crippen MR) is 77.9 cm³/mol. The average Bonchev–Trinajstić information content (AvgIpc) is 2.79. The van der Waals surface area contributed by atoms with Crippen molar-refractivity contribution in [2.45, 2.75) is 13.8 Å². The number of aromatic hydroxyl groups is 1. The van der Waals surface area contributed by atoms with E-state index in [9.17, 15) is 9.90 Å². The minimum absolute atomic E-state index is 0.0339. The minimum Gasteiger partial charge on any atom is -0.504 e. The lowest BCUT2D eigenvalue weighted by Gasteiger charge is -2.04. The van der Waals surface area contributed by atoms with Gasteiger partial charge in [-0.15, -0.1) is 0 Å². The van der Waals surface area contributed by atoms with Gasteiger partial charge in [-0.05, 0) is 32.0 Å². The number of methoxy groups -OCH3 is 1. The number of hydrogen-bond acceptors (Lipinski definition) is 5. The summed E-state index contributed by atoms with van der Waals surface area (Å²) in [6.07, 6.45) is 1.35. The first-order valence-electron chi connectivity index (χ1n) is 6.29. The second-order valence-electron chi connectivity index (χ2n) is 4.42. The van der Waals surface area contributed by atoms with Crippen molar-refractivity contribution in [2.24, 2.45) is 5.10 Å². The molecular weight excluding hydrogens is 272 g/mol. The summed E-state index contributed by atoms with van der Waals surface area (Å²) >= 11 is 0. The van der Waals surface area contributed by atoms with Crippen LogP contribution in [-0.4, -0.2) is 24.3 Å². The average molecular weight is 288 g/mol. The van der Waals surface area contributed by atoms with Crippen LogP contribution in [-0.2, 0) is 0 Å². The fraction of sp³-hybridized carbons (Fsp3) is 0.200. The Kier molecular flexibility index (Phi) is 4.27. The molecule has 0 bridgehead atoms. The number of carbonyl (C=O) groups excluding carboxylic acids is 1. The van der Waals surface area contributed by atoms with Gasteiger partial charge in [0.05, 0.1) is 18.9 Å². The van der Waals surface area contributed by atoms with Crippen LogP contribution in [0.25, 0.3) is 0 Å². The monoisotopic (exact) mass is 288 g/mol. The molecule has 0 unspecified atom stereocenters. The van der Waals surface area contributed by atoms with Crippen molar-refractivity contribution in [3.8, 4) is 11.5 Å². The molecule has 0 atom stereocenters. The zero-order valence-corrected chi connectivity index (χ0v) is 12.0. The number of furan rings is 1. The summed E-state index contributed by atoms with van der Waals surface area (Å²) in [7, 11) is 1.46. The van der Waals surface area contributed by atoms with Crippen LogP contribution in [0, 0.1) is 13.8 Å². The molecule has 2 aromatic rings. The lowest BCUT2D eigenvalue weighted by molar-refractivity contribution is 0.0953. The number of rotatable bonds is 4. The summed E-state index contributed by atoms with van der Waals surface area (Å²) < 4.78 is 10.3. The van der Waals surface area contributed by atoms with E-state index in [0.29, 0.717) is 28.4 Å². The van der Waals surface area contributed by atoms with Gasteiger partial charge in [-0.3, -0.25) is 4.79 Å². The number of ether oxygens (including phenoxy) is 1. The first kappa shape index (κ1) is 14.6. The van der Waals surface area contributed by atoms with Crippen LogP contribution in [0.15, 0.2) is 33.8 Å². The number of phenolic OH excluding ortho intramolecular Hbond substituents is 1. The van der Waals surface area contributed by atoms with Gasteiger partial charge in [0.25, 0.3) is 5.91 Å². The number of nitrogens with one attached hydrogen (secondary N) is 1. The largest absolute Gasteiger partial charge is 0.504 e. The van der Waals surface area contributed by atoms with Gasteiger partial charge in [0.15, 0.2) is 11.5 Å². The molecule has 6 heteroatoms. The van der Waals surface area contributed by atoms with Crippen molar-refractivity contribution in [3.05, 3.63) is 46.9 Å². The Labute approximate surface area is 122 Å². The fourth-order valence-electron chi connectivity index (χ4n) is 1.89. The molecule has 0 aliphatic heterocycles. The van der Waals surface area contributed by atoms with E-state index in [-0.39, 0.29) is 11.7 Å². The third-order valence-corrected chi connectivity index (χ3v) is 2.91. The summed E-state index contributed by atoms with van der Waals surface area (Å²) in [6, 6.07) is 6.64. The number of hydrogen-bond donors (Lipinski definition) is 2. The Morgan fingerprint density at radius 2 is 2.19 bits per heavy atom. The third-order valence-electron chi connectivity index (χ3n) is 2.91. The number of nitrogens with zero attached hydrogens (tertiary/aromatic N) is 1. The second kappa shape index (κ2) is 6.13. The molecule has 1 aromatic heterocycles. The minimum atomic E-state index is -0.372. The van der Waals surface area contributed by atoms with Crippen LogP contribution in [0.2, 0.25) is 0 Å². The lowest BCUT2D eigenvalue weighted by atomic mass is 10.2. The normalized spacial score (nSPS) is 10.8. The molecule has 2 rings (SSSR count). The van der Waals surface area contributed by atoms with E-state index in [0.717, 1.165) is 0 Å². The topological polar surface area (TPSA) is 84.1 Å². The highest BCUT2D eigenvalue weighted by molar-refractivity contribution is 5.96. The number of amides is 1. The summed E-state index contributed by atoms with van der Waals surface area (Å²) in [5, 5.41) is 13.7. The maximum absolute atomic E-state index is 11.9. The molecule has 6 nitrogen and oxygen atoms in total. The van der Waals surface area contributed by atoms with Crippen LogP contribution in [0.4, 0.5) is 0 Å². The van der Waals surface area contributed by atoms with E-state index < -0.39 is 0 Å². The van der Waals surface area contributed by atoms with Crippen molar-refractivity contribution in [2.75, 3.05) is 7.11 Å². The van der Waals surface area contributed by atoms with E-state index in [4.69, 9.17) is 9.15 Å². The van der Waals surface area contributed by atoms with E-state index in [2.05, 4.69) is 10.5 Å². The summed E-state index contributed by atoms with van der Waals surface area (Å²) in [5.74, 6) is 1.12. The number of para-hydroxylation sites is 1. The molecule has 0 spiro atoms. The molecule has 1 amide bonds. The van der Waals surface area contributed by atoms with E-state index in [1.807, 2.05) is 0 Å². The number of carbonyl (C=O) groups is 1. The standard InChI is InChI=1S/C15H16N2O4/c1-9-7-12(10(2)21-9)15(19)17-16-8-11-5-4-6-13(20-3)14(11)18/h4-8,18H,1-3H3,(H,17,19)/b16-8+. The molecule has 0 saturated carbocycles. The van der Waals surface area contributed by atoms with Gasteiger partial charge < -0.3 is 14.3 Å². The first-order chi connectivity index (χ1) is 10.0. The summed E-state index contributed by atoms with van der Waals surface area (Å²) in [6.45, 7) is 3.47. The maximum atomic E-state index is 11.9. The Bertz CT molecular complexity index is 689. The van der Waals surface area contributed by atoms with Crippen molar-refractivity contribution in [3.63, 3.8) is 0 Å². The molecular formula is C15H16N2O4. The van der Waals surface area contributed by atoms with Crippen LogP contribution in [0.5, 0.6) is 11.5 Å². The molecule has 0 saturated heterocycles. The Morgan fingerprint density at radius 1 is 1.43 bits per heavy atom. The van der Waals surface area contributed by atoms with Crippen LogP contribution >= 0.6 is 0 Å². The van der Waals surface area contributed by atoms with Crippen molar-refractivity contribution < 1.29 is 19.1 Å². The highest BCUT2D eigenvalue weighted by atomic mass is 16.5. The molecule has 0 radical (unpaired) electrons. The lowest BCUT2D eigenvalue weighted by Crippen LogP contribution is -2.17. The predicted octanol–water partition coefficient (Wildman–Crippen LogP) is 2.37. The van der Waals surface area contributed by atoms with Gasteiger partial charge in [-0.2, -0.15) is 5.10 Å². The molecule has 0 aliphatic carbocycles. The van der Waals surface area contributed by atoms with Gasteiger partial charge in [0, 0.05) is 5.56 Å². The van der Waals surface area contributed by atoms with Gasteiger partial charge in [-0.25, -0.2) is 5.43 Å². The molecule has 2 N–H and O–H groups in total. The van der Waals surface area contributed by atoms with E-state index >= 15 is 0 Å². The Balaban J connectivity index is 2.09. The van der Waals surface area contributed by atoms with Crippen LogP contribution in [0.1, 0.15) is 27.4 Å². The van der Waals surface area contributed by atoms with Crippen LogP contribution in [0.3, 0.4) is 0 Å². The van der Waals surface area contributed by atoms with Gasteiger partial charge in [0.1, 0.15) is 11.5 Å². The summed E-state index contributed by atoms with van der Waals surface area (Å²) in [5.41, 5.74) is 3.25. The molecule has 1 aromatic carbocycles. The van der Waals surface area contributed by atoms with E-state index in [1.54, 1.807) is 38.1 Å². The molecule has 0 aliphatic rings. The highest BCUT2D eigenvalue weighted by Crippen LogP contribution is 2.27. The Morgan fingerprint density at radius 3 is 2.81 bits per heavy atom. The van der Waals surface area contributed by atoms with Crippen LogP contribution < -0.4 is 10.2 Å². The van der Waals surface area contributed by atoms with Gasteiger partial charge in [0.2, 0.25) is 0 Å². The fourth-order valence-corrected chi connectivity index (χ4v) is 1.89. The van der Waals surface area contributed by atoms with Gasteiger partial charge in [-0.1, -0.05) is 6.07 Å². The second-order valence-corrected chi connectivity index (χ2v) is 4.42. The van der Waals surface area contributed by atoms with Crippen molar-refractivity contribution >= 4 is 12.1 Å². The zero-order chi connectivity index (χ0) is 15.4. The third kappa shape index (κ3) is 3.22. The molecule has 21 heavy (non-hydrogen) atoms. The SMILES string of the molecule is COc1cccc(/C=N/NC(=O)c2cc(C)oc2C)c1O. The highest BCUT2D eigenvalue weighted by Gasteiger charge is 2.12.